The molecule has 0 radical (unpaired) electrons. The number of rotatable bonds is 2. The van der Waals surface area contributed by atoms with Gasteiger partial charge in [-0.3, -0.25) is 14.0 Å². The summed E-state index contributed by atoms with van der Waals surface area (Å²) in [5.41, 5.74) is 1.41. The van der Waals surface area contributed by atoms with Gasteiger partial charge in [0.1, 0.15) is 11.4 Å². The molecule has 142 valence electrons. The van der Waals surface area contributed by atoms with Crippen LogP contribution in [-0.4, -0.2) is 50.6 Å². The summed E-state index contributed by atoms with van der Waals surface area (Å²) in [7, 11) is 0. The first kappa shape index (κ1) is 17.2. The number of thioether (sulfide) groups is 1. The largest absolute Gasteiger partial charge is 0.351 e. The molecule has 5 rings (SSSR count). The number of hydrogen-bond donors (Lipinski definition) is 0. The zero-order valence-electron chi connectivity index (χ0n) is 15.3. The van der Waals surface area contributed by atoms with E-state index in [9.17, 15) is 9.59 Å². The van der Waals surface area contributed by atoms with E-state index in [2.05, 4.69) is 19.9 Å². The molecule has 1 atom stereocenters. The minimum absolute atomic E-state index is 0.164. The second-order valence-electron chi connectivity index (χ2n) is 6.87. The van der Waals surface area contributed by atoms with E-state index in [4.69, 9.17) is 0 Å². The van der Waals surface area contributed by atoms with Crippen LogP contribution in [0.1, 0.15) is 23.2 Å². The summed E-state index contributed by atoms with van der Waals surface area (Å²) in [5.74, 6) is 0.544. The standard InChI is InChI=1S/C19H18N6O2S/c1-28-19-21-10-13-16(22-19)23-8-2-4-12(23)11-25(18(13)27)14-5-3-9-24-15(26)6-7-20-17(14)24/h3,5-7,9-10,12H,2,4,8,11H2,1H3/t12-/m0/s1. The molecule has 0 unspecified atom stereocenters. The number of aromatic nitrogens is 4. The van der Waals surface area contributed by atoms with E-state index in [1.165, 1.54) is 28.4 Å². The predicted molar refractivity (Wildman–Crippen MR) is 107 cm³/mol. The average Bonchev–Trinajstić information content (AvgIpc) is 3.15. The summed E-state index contributed by atoms with van der Waals surface area (Å²) in [6.45, 7) is 1.39. The van der Waals surface area contributed by atoms with E-state index in [0.717, 1.165) is 19.4 Å². The lowest BCUT2D eigenvalue weighted by atomic mass is 10.2. The molecule has 2 aliphatic rings. The Morgan fingerprint density at radius 1 is 1.21 bits per heavy atom. The number of pyridine rings is 1. The summed E-state index contributed by atoms with van der Waals surface area (Å²) in [6.07, 6.45) is 8.73. The molecule has 0 bridgehead atoms. The Morgan fingerprint density at radius 2 is 2.11 bits per heavy atom. The Labute approximate surface area is 165 Å². The SMILES string of the molecule is CSc1ncc2c(n1)N1CCC[C@H]1CN(c1cccn3c(=O)ccnc13)C2=O. The lowest BCUT2D eigenvalue weighted by molar-refractivity contribution is 0.0988. The summed E-state index contributed by atoms with van der Waals surface area (Å²) in [6, 6.07) is 5.18. The van der Waals surface area contributed by atoms with Crippen molar-refractivity contribution < 1.29 is 4.79 Å². The van der Waals surface area contributed by atoms with Gasteiger partial charge in [-0.2, -0.15) is 0 Å². The second kappa shape index (κ2) is 6.59. The summed E-state index contributed by atoms with van der Waals surface area (Å²) < 4.78 is 1.47. The molecule has 3 aromatic rings. The monoisotopic (exact) mass is 394 g/mol. The molecule has 0 N–H and O–H groups in total. The number of hydrogen-bond acceptors (Lipinski definition) is 7. The fourth-order valence-corrected chi connectivity index (χ4v) is 4.37. The first-order valence-electron chi connectivity index (χ1n) is 9.13. The highest BCUT2D eigenvalue weighted by atomic mass is 32.2. The van der Waals surface area contributed by atoms with Gasteiger partial charge >= 0.3 is 0 Å². The van der Waals surface area contributed by atoms with Gasteiger partial charge in [-0.25, -0.2) is 15.0 Å². The quantitative estimate of drug-likeness (QED) is 0.484. The van der Waals surface area contributed by atoms with E-state index in [0.29, 0.717) is 34.4 Å². The van der Waals surface area contributed by atoms with Gasteiger partial charge in [0.2, 0.25) is 0 Å². The number of nitrogens with zero attached hydrogens (tertiary/aromatic N) is 6. The topological polar surface area (TPSA) is 83.7 Å². The van der Waals surface area contributed by atoms with Crippen molar-refractivity contribution in [1.82, 2.24) is 19.4 Å². The van der Waals surface area contributed by atoms with Crippen molar-refractivity contribution in [3.63, 3.8) is 0 Å². The first-order valence-corrected chi connectivity index (χ1v) is 10.4. The van der Waals surface area contributed by atoms with Crippen molar-refractivity contribution in [2.75, 3.05) is 29.1 Å². The Hall–Kier alpha value is -2.94. The van der Waals surface area contributed by atoms with Crippen molar-refractivity contribution >= 4 is 34.8 Å². The van der Waals surface area contributed by atoms with Crippen LogP contribution in [0, 0.1) is 0 Å². The van der Waals surface area contributed by atoms with Gasteiger partial charge in [0.05, 0.1) is 5.69 Å². The van der Waals surface area contributed by atoms with E-state index in [1.54, 1.807) is 23.4 Å². The Morgan fingerprint density at radius 3 is 2.96 bits per heavy atom. The zero-order valence-corrected chi connectivity index (χ0v) is 16.1. The Bertz CT molecular complexity index is 1150. The van der Waals surface area contributed by atoms with Crippen LogP contribution in [0.2, 0.25) is 0 Å². The molecule has 0 aliphatic carbocycles. The van der Waals surface area contributed by atoms with Crippen LogP contribution in [0.15, 0.2) is 46.7 Å². The van der Waals surface area contributed by atoms with Gasteiger partial charge in [0.25, 0.3) is 11.5 Å². The molecule has 1 saturated heterocycles. The van der Waals surface area contributed by atoms with Crippen molar-refractivity contribution in [2.24, 2.45) is 0 Å². The number of anilines is 2. The zero-order chi connectivity index (χ0) is 19.3. The number of carbonyl (C=O) groups excluding carboxylic acids is 1. The fourth-order valence-electron chi connectivity index (χ4n) is 4.03. The highest BCUT2D eigenvalue weighted by molar-refractivity contribution is 7.98. The highest BCUT2D eigenvalue weighted by Crippen LogP contribution is 2.34. The van der Waals surface area contributed by atoms with Crippen LogP contribution in [0.3, 0.4) is 0 Å². The lowest BCUT2D eigenvalue weighted by Gasteiger charge is -2.27. The van der Waals surface area contributed by atoms with Gasteiger partial charge in [-0.05, 0) is 31.2 Å². The smallest absolute Gasteiger partial charge is 0.263 e. The van der Waals surface area contributed by atoms with Crippen LogP contribution >= 0.6 is 11.8 Å². The summed E-state index contributed by atoms with van der Waals surface area (Å²) in [4.78, 5) is 43.0. The van der Waals surface area contributed by atoms with E-state index in [-0.39, 0.29) is 17.5 Å². The normalized spacial score (nSPS) is 18.9. The van der Waals surface area contributed by atoms with Crippen LogP contribution in [-0.2, 0) is 0 Å². The molecule has 28 heavy (non-hydrogen) atoms. The third-order valence-corrected chi connectivity index (χ3v) is 5.90. The number of amides is 1. The summed E-state index contributed by atoms with van der Waals surface area (Å²) in [5, 5.41) is 0.657. The fraction of sp³-hybridized carbons (Fsp3) is 0.316. The minimum atomic E-state index is -0.176. The number of carbonyl (C=O) groups is 1. The average molecular weight is 394 g/mol. The first-order chi connectivity index (χ1) is 13.7. The van der Waals surface area contributed by atoms with Gasteiger partial charge in [-0.1, -0.05) is 11.8 Å². The van der Waals surface area contributed by atoms with Gasteiger partial charge < -0.3 is 9.80 Å². The molecule has 0 aromatic carbocycles. The molecule has 3 aromatic heterocycles. The van der Waals surface area contributed by atoms with Crippen molar-refractivity contribution in [3.8, 4) is 0 Å². The van der Waals surface area contributed by atoms with Crippen LogP contribution in [0.25, 0.3) is 5.65 Å². The van der Waals surface area contributed by atoms with E-state index >= 15 is 0 Å². The molecule has 1 fully saturated rings. The van der Waals surface area contributed by atoms with E-state index in [1.807, 2.05) is 12.3 Å². The minimum Gasteiger partial charge on any atom is -0.351 e. The maximum atomic E-state index is 13.5. The number of fused-ring (bicyclic) bond motifs is 4. The van der Waals surface area contributed by atoms with Crippen LogP contribution < -0.4 is 15.4 Å². The van der Waals surface area contributed by atoms with Crippen LogP contribution in [0.4, 0.5) is 11.5 Å². The maximum Gasteiger partial charge on any atom is 0.263 e. The molecule has 5 heterocycles. The molecular weight excluding hydrogens is 376 g/mol. The maximum absolute atomic E-state index is 13.5. The molecular formula is C19H18N6O2S. The molecule has 2 aliphatic heterocycles. The molecule has 0 saturated carbocycles. The Kier molecular flexibility index (Phi) is 4.04. The third kappa shape index (κ3) is 2.57. The lowest BCUT2D eigenvalue weighted by Crippen LogP contribution is -2.40. The predicted octanol–water partition coefficient (Wildman–Crippen LogP) is 1.84. The van der Waals surface area contributed by atoms with Crippen molar-refractivity contribution in [3.05, 3.63) is 52.7 Å². The van der Waals surface area contributed by atoms with Gasteiger partial charge in [0.15, 0.2) is 10.8 Å². The molecule has 1 amide bonds. The molecule has 0 spiro atoms. The molecule has 9 heteroatoms. The summed E-state index contributed by atoms with van der Waals surface area (Å²) >= 11 is 1.46. The Balaban J connectivity index is 1.70. The van der Waals surface area contributed by atoms with Crippen molar-refractivity contribution in [1.29, 1.82) is 0 Å². The molecule has 8 nitrogen and oxygen atoms in total. The van der Waals surface area contributed by atoms with E-state index < -0.39 is 0 Å². The van der Waals surface area contributed by atoms with Gasteiger partial charge in [-0.15, -0.1) is 0 Å². The third-order valence-electron chi connectivity index (χ3n) is 5.34. The van der Waals surface area contributed by atoms with Gasteiger partial charge in [0, 0.05) is 43.8 Å². The van der Waals surface area contributed by atoms with Crippen molar-refractivity contribution in [2.45, 2.75) is 24.0 Å². The second-order valence-corrected chi connectivity index (χ2v) is 7.64. The van der Waals surface area contributed by atoms with Crippen LogP contribution in [0.5, 0.6) is 0 Å². The highest BCUT2D eigenvalue weighted by Gasteiger charge is 2.38.